The third kappa shape index (κ3) is 4.68. The van der Waals surface area contributed by atoms with Crippen molar-refractivity contribution >= 4 is 6.09 Å². The van der Waals surface area contributed by atoms with Crippen LogP contribution in [0.2, 0.25) is 0 Å². The van der Waals surface area contributed by atoms with Crippen molar-refractivity contribution in [3.8, 4) is 11.1 Å². The Balaban J connectivity index is 1.69. The molecule has 0 saturated carbocycles. The third-order valence-electron chi connectivity index (χ3n) is 6.78. The number of benzene rings is 3. The minimum atomic E-state index is -0.254. The minimum absolute atomic E-state index is 0.0462. The van der Waals surface area contributed by atoms with E-state index in [1.165, 1.54) is 38.9 Å². The normalized spacial score (nSPS) is 18.2. The van der Waals surface area contributed by atoms with Crippen LogP contribution in [0.3, 0.4) is 0 Å². The highest BCUT2D eigenvalue weighted by atomic mass is 16.6. The summed E-state index contributed by atoms with van der Waals surface area (Å²) < 4.78 is 5.89. The molecule has 0 aliphatic carbocycles. The number of nitrogens with zero attached hydrogens (tertiary/aromatic N) is 1. The van der Waals surface area contributed by atoms with Crippen LogP contribution in [0.1, 0.15) is 71.7 Å². The van der Waals surface area contributed by atoms with Crippen molar-refractivity contribution in [1.82, 2.24) is 4.90 Å². The fourth-order valence-corrected chi connectivity index (χ4v) is 4.92. The van der Waals surface area contributed by atoms with Gasteiger partial charge >= 0.3 is 6.09 Å². The molecule has 2 atom stereocenters. The fourth-order valence-electron chi connectivity index (χ4n) is 4.92. The van der Waals surface area contributed by atoms with Crippen LogP contribution in [0, 0.1) is 27.7 Å². The van der Waals surface area contributed by atoms with E-state index in [1.807, 2.05) is 4.90 Å². The van der Waals surface area contributed by atoms with Gasteiger partial charge in [0.1, 0.15) is 6.10 Å². The maximum atomic E-state index is 13.0. The van der Waals surface area contributed by atoms with Crippen molar-refractivity contribution in [2.24, 2.45) is 0 Å². The molecule has 1 fully saturated rings. The lowest BCUT2D eigenvalue weighted by atomic mass is 9.90. The van der Waals surface area contributed by atoms with Gasteiger partial charge in [-0.15, -0.1) is 0 Å². The molecule has 1 amide bonds. The predicted molar refractivity (Wildman–Crippen MR) is 136 cm³/mol. The molecule has 0 spiro atoms. The SMILES string of the molecule is Cc1cc(C)cc([C@H]2OC(=O)N(Cc3cc(C)ccc3-c3cc(C(C)C)ccc3C)[C@H]2C)c1. The topological polar surface area (TPSA) is 29.5 Å². The lowest BCUT2D eigenvalue weighted by molar-refractivity contribution is 0.130. The first-order chi connectivity index (χ1) is 15.6. The van der Waals surface area contributed by atoms with Crippen LogP contribution in [0.4, 0.5) is 4.79 Å². The molecule has 0 unspecified atom stereocenters. The van der Waals surface area contributed by atoms with Crippen molar-refractivity contribution in [3.63, 3.8) is 0 Å². The molecule has 3 aromatic rings. The highest BCUT2D eigenvalue weighted by molar-refractivity contribution is 5.74. The molecule has 3 aromatic carbocycles. The predicted octanol–water partition coefficient (Wildman–Crippen LogP) is 7.79. The second-order valence-corrected chi connectivity index (χ2v) is 9.98. The first kappa shape index (κ1) is 23.1. The van der Waals surface area contributed by atoms with Crippen LogP contribution < -0.4 is 0 Å². The van der Waals surface area contributed by atoms with Crippen LogP contribution in [-0.4, -0.2) is 17.0 Å². The zero-order valence-electron chi connectivity index (χ0n) is 20.9. The van der Waals surface area contributed by atoms with Crippen LogP contribution >= 0.6 is 0 Å². The average Bonchev–Trinajstić information content (AvgIpc) is 3.02. The molecule has 4 rings (SSSR count). The number of aryl methyl sites for hydroxylation is 4. The quantitative estimate of drug-likeness (QED) is 0.404. The van der Waals surface area contributed by atoms with Gasteiger partial charge in [-0.25, -0.2) is 4.79 Å². The Labute approximate surface area is 198 Å². The molecule has 3 heteroatoms. The first-order valence-corrected chi connectivity index (χ1v) is 11.9. The summed E-state index contributed by atoms with van der Waals surface area (Å²) in [5.74, 6) is 0.463. The number of rotatable bonds is 5. The highest BCUT2D eigenvalue weighted by Gasteiger charge is 2.40. The number of amides is 1. The van der Waals surface area contributed by atoms with Gasteiger partial charge in [0.05, 0.1) is 12.6 Å². The van der Waals surface area contributed by atoms with Crippen molar-refractivity contribution in [1.29, 1.82) is 0 Å². The largest absolute Gasteiger partial charge is 0.439 e. The number of carbonyl (C=O) groups is 1. The van der Waals surface area contributed by atoms with Gasteiger partial charge in [-0.1, -0.05) is 85.1 Å². The summed E-state index contributed by atoms with van der Waals surface area (Å²) in [4.78, 5) is 14.9. The van der Waals surface area contributed by atoms with Gasteiger partial charge in [-0.3, -0.25) is 4.90 Å². The molecule has 1 heterocycles. The van der Waals surface area contributed by atoms with Crippen molar-refractivity contribution in [3.05, 3.63) is 93.5 Å². The smallest absolute Gasteiger partial charge is 0.411 e. The van der Waals surface area contributed by atoms with Crippen LogP contribution in [0.25, 0.3) is 11.1 Å². The molecular weight excluding hydrogens is 406 g/mol. The summed E-state index contributed by atoms with van der Waals surface area (Å²) in [5, 5.41) is 0. The summed E-state index contributed by atoms with van der Waals surface area (Å²) in [7, 11) is 0. The summed E-state index contributed by atoms with van der Waals surface area (Å²) >= 11 is 0. The Kier molecular flexibility index (Phi) is 6.34. The molecule has 33 heavy (non-hydrogen) atoms. The highest BCUT2D eigenvalue weighted by Crippen LogP contribution is 2.37. The van der Waals surface area contributed by atoms with Crippen molar-refractivity contribution < 1.29 is 9.53 Å². The second kappa shape index (κ2) is 9.05. The van der Waals surface area contributed by atoms with E-state index in [2.05, 4.69) is 103 Å². The molecular formula is C30H35NO2. The number of ether oxygens (including phenoxy) is 1. The molecule has 0 N–H and O–H groups in total. The van der Waals surface area contributed by atoms with Gasteiger partial charge in [0, 0.05) is 0 Å². The van der Waals surface area contributed by atoms with Gasteiger partial charge in [-0.05, 0) is 73.9 Å². The van der Waals surface area contributed by atoms with E-state index in [9.17, 15) is 4.79 Å². The summed E-state index contributed by atoms with van der Waals surface area (Å²) in [6.45, 7) is 15.5. The molecule has 172 valence electrons. The number of carbonyl (C=O) groups excluding carboxylic acids is 1. The Morgan fingerprint density at radius 1 is 0.848 bits per heavy atom. The zero-order chi connectivity index (χ0) is 23.9. The van der Waals surface area contributed by atoms with E-state index in [1.54, 1.807) is 0 Å². The summed E-state index contributed by atoms with van der Waals surface area (Å²) in [6.07, 6.45) is -0.498. The lowest BCUT2D eigenvalue weighted by Crippen LogP contribution is -2.31. The molecule has 0 bridgehead atoms. The van der Waals surface area contributed by atoms with E-state index in [-0.39, 0.29) is 18.2 Å². The maximum absolute atomic E-state index is 13.0. The van der Waals surface area contributed by atoms with Crippen molar-refractivity contribution in [2.75, 3.05) is 0 Å². The van der Waals surface area contributed by atoms with Gasteiger partial charge in [0.25, 0.3) is 0 Å². The van der Waals surface area contributed by atoms with Gasteiger partial charge < -0.3 is 4.74 Å². The maximum Gasteiger partial charge on any atom is 0.411 e. The number of hydrogen-bond acceptors (Lipinski definition) is 2. The second-order valence-electron chi connectivity index (χ2n) is 9.98. The minimum Gasteiger partial charge on any atom is -0.439 e. The Morgan fingerprint density at radius 3 is 2.21 bits per heavy atom. The summed E-state index contributed by atoms with van der Waals surface area (Å²) in [5.41, 5.74) is 10.8. The Morgan fingerprint density at radius 2 is 1.55 bits per heavy atom. The molecule has 1 aliphatic rings. The van der Waals surface area contributed by atoms with Crippen LogP contribution in [0.15, 0.2) is 54.6 Å². The van der Waals surface area contributed by atoms with Crippen LogP contribution in [0.5, 0.6) is 0 Å². The first-order valence-electron chi connectivity index (χ1n) is 11.9. The van der Waals surface area contributed by atoms with E-state index in [0.29, 0.717) is 12.5 Å². The van der Waals surface area contributed by atoms with Crippen LogP contribution in [-0.2, 0) is 11.3 Å². The van der Waals surface area contributed by atoms with E-state index < -0.39 is 0 Å². The van der Waals surface area contributed by atoms with Gasteiger partial charge in [-0.2, -0.15) is 0 Å². The lowest BCUT2D eigenvalue weighted by Gasteiger charge is -2.23. The molecule has 0 radical (unpaired) electrons. The van der Waals surface area contributed by atoms with Crippen molar-refractivity contribution in [2.45, 2.75) is 73.1 Å². The fraction of sp³-hybridized carbons (Fsp3) is 0.367. The molecule has 1 aliphatic heterocycles. The zero-order valence-corrected chi connectivity index (χ0v) is 20.9. The average molecular weight is 442 g/mol. The van der Waals surface area contributed by atoms with Gasteiger partial charge in [0.15, 0.2) is 0 Å². The standard InChI is InChI=1S/C30H35NO2/c1-18(2)24-10-9-22(6)28(16-24)27-11-8-19(3)13-26(27)17-31-23(7)29(33-30(31)32)25-14-20(4)12-21(5)15-25/h8-16,18,23,29H,17H2,1-7H3/t23-,29-/m0/s1. The molecule has 1 saturated heterocycles. The Hall–Kier alpha value is -3.07. The molecule has 0 aromatic heterocycles. The third-order valence-corrected chi connectivity index (χ3v) is 6.78. The number of hydrogen-bond donors (Lipinski definition) is 0. The monoisotopic (exact) mass is 441 g/mol. The number of cyclic esters (lactones) is 1. The van der Waals surface area contributed by atoms with E-state index in [4.69, 9.17) is 4.74 Å². The Bertz CT molecular complexity index is 1170. The van der Waals surface area contributed by atoms with E-state index in [0.717, 1.165) is 11.1 Å². The summed E-state index contributed by atoms with van der Waals surface area (Å²) in [6, 6.07) is 19.6. The molecule has 3 nitrogen and oxygen atoms in total. The van der Waals surface area contributed by atoms with Gasteiger partial charge in [0.2, 0.25) is 0 Å². The van der Waals surface area contributed by atoms with E-state index >= 15 is 0 Å².